The average molecular weight is 251 g/mol. The second kappa shape index (κ2) is 4.97. The van der Waals surface area contributed by atoms with Crippen LogP contribution in [0.15, 0.2) is 30.7 Å². The minimum Gasteiger partial charge on any atom is -0.323 e. The first-order valence-electron chi connectivity index (χ1n) is 5.04. The molecule has 2 aromatic rings. The van der Waals surface area contributed by atoms with E-state index in [0.717, 1.165) is 5.56 Å². The van der Waals surface area contributed by atoms with E-state index in [1.54, 1.807) is 29.2 Å². The highest BCUT2D eigenvalue weighted by atomic mass is 35.5. The number of aryl methyl sites for hydroxylation is 1. The summed E-state index contributed by atoms with van der Waals surface area (Å²) >= 11 is 5.79. The SMILES string of the molecule is Cc1cc(NC(=O)Cn2cccn2)cnc1Cl. The fourth-order valence-electron chi connectivity index (χ4n) is 1.37. The van der Waals surface area contributed by atoms with Gasteiger partial charge in [0.05, 0.1) is 11.9 Å². The molecule has 0 bridgehead atoms. The predicted octanol–water partition coefficient (Wildman–Crippen LogP) is 1.88. The number of hydrogen-bond donors (Lipinski definition) is 1. The zero-order valence-corrected chi connectivity index (χ0v) is 9.98. The number of rotatable bonds is 3. The van der Waals surface area contributed by atoms with Gasteiger partial charge in [0, 0.05) is 12.4 Å². The lowest BCUT2D eigenvalue weighted by molar-refractivity contribution is -0.116. The molecular formula is C11H11ClN4O. The van der Waals surface area contributed by atoms with Gasteiger partial charge in [-0.25, -0.2) is 4.98 Å². The van der Waals surface area contributed by atoms with Crippen LogP contribution in [0.5, 0.6) is 0 Å². The molecular weight excluding hydrogens is 240 g/mol. The lowest BCUT2D eigenvalue weighted by Crippen LogP contribution is -2.19. The van der Waals surface area contributed by atoms with Crippen LogP contribution >= 0.6 is 11.6 Å². The first-order valence-corrected chi connectivity index (χ1v) is 5.42. The molecule has 2 rings (SSSR count). The molecule has 0 saturated carbocycles. The van der Waals surface area contributed by atoms with Crippen molar-refractivity contribution in [3.8, 4) is 0 Å². The Morgan fingerprint density at radius 2 is 2.41 bits per heavy atom. The highest BCUT2D eigenvalue weighted by molar-refractivity contribution is 6.30. The summed E-state index contributed by atoms with van der Waals surface area (Å²) < 4.78 is 1.55. The zero-order valence-electron chi connectivity index (χ0n) is 9.22. The van der Waals surface area contributed by atoms with Crippen LogP contribution in [0.2, 0.25) is 5.15 Å². The summed E-state index contributed by atoms with van der Waals surface area (Å²) in [5, 5.41) is 7.12. The summed E-state index contributed by atoms with van der Waals surface area (Å²) in [6, 6.07) is 3.54. The monoisotopic (exact) mass is 250 g/mol. The van der Waals surface area contributed by atoms with Crippen LogP contribution in [0.25, 0.3) is 0 Å². The van der Waals surface area contributed by atoms with Gasteiger partial charge in [0.15, 0.2) is 0 Å². The van der Waals surface area contributed by atoms with Gasteiger partial charge in [-0.3, -0.25) is 9.48 Å². The molecule has 1 N–H and O–H groups in total. The lowest BCUT2D eigenvalue weighted by atomic mass is 10.3. The third-order valence-electron chi connectivity index (χ3n) is 2.16. The first-order chi connectivity index (χ1) is 8.15. The van der Waals surface area contributed by atoms with Crippen LogP contribution in [0.1, 0.15) is 5.56 Å². The van der Waals surface area contributed by atoms with Crippen molar-refractivity contribution in [2.24, 2.45) is 0 Å². The van der Waals surface area contributed by atoms with Crippen LogP contribution in [0.3, 0.4) is 0 Å². The average Bonchev–Trinajstić information content (AvgIpc) is 2.76. The van der Waals surface area contributed by atoms with Gasteiger partial charge in [0.1, 0.15) is 11.7 Å². The van der Waals surface area contributed by atoms with E-state index in [0.29, 0.717) is 10.8 Å². The number of pyridine rings is 1. The van der Waals surface area contributed by atoms with E-state index in [4.69, 9.17) is 11.6 Å². The van der Waals surface area contributed by atoms with Crippen molar-refractivity contribution < 1.29 is 4.79 Å². The predicted molar refractivity (Wildman–Crippen MR) is 64.8 cm³/mol. The number of hydrogen-bond acceptors (Lipinski definition) is 3. The maximum atomic E-state index is 11.6. The van der Waals surface area contributed by atoms with Crippen LogP contribution < -0.4 is 5.32 Å². The number of halogens is 1. The molecule has 6 heteroatoms. The standard InChI is InChI=1S/C11H11ClN4O/c1-8-5-9(6-13-11(8)12)15-10(17)7-16-4-2-3-14-16/h2-6H,7H2,1H3,(H,15,17). The molecule has 2 heterocycles. The minimum atomic E-state index is -0.155. The van der Waals surface area contributed by atoms with Gasteiger partial charge in [0.2, 0.25) is 5.91 Å². The normalized spacial score (nSPS) is 10.2. The molecule has 0 aliphatic rings. The summed E-state index contributed by atoms with van der Waals surface area (Å²) in [5.41, 5.74) is 1.45. The number of anilines is 1. The van der Waals surface area contributed by atoms with Crippen molar-refractivity contribution in [2.45, 2.75) is 13.5 Å². The number of aromatic nitrogens is 3. The van der Waals surface area contributed by atoms with Gasteiger partial charge in [-0.15, -0.1) is 0 Å². The molecule has 0 fully saturated rings. The van der Waals surface area contributed by atoms with Crippen LogP contribution in [-0.2, 0) is 11.3 Å². The molecule has 2 aromatic heterocycles. The fraction of sp³-hybridized carbons (Fsp3) is 0.182. The second-order valence-electron chi connectivity index (χ2n) is 3.58. The maximum Gasteiger partial charge on any atom is 0.246 e. The highest BCUT2D eigenvalue weighted by Crippen LogP contribution is 2.15. The smallest absolute Gasteiger partial charge is 0.246 e. The Bertz CT molecular complexity index is 524. The number of nitrogens with zero attached hydrogens (tertiary/aromatic N) is 3. The lowest BCUT2D eigenvalue weighted by Gasteiger charge is -2.06. The Morgan fingerprint density at radius 1 is 1.59 bits per heavy atom. The number of carbonyl (C=O) groups is 1. The molecule has 0 spiro atoms. The topological polar surface area (TPSA) is 59.8 Å². The quantitative estimate of drug-likeness (QED) is 0.846. The largest absolute Gasteiger partial charge is 0.323 e. The van der Waals surface area contributed by atoms with E-state index < -0.39 is 0 Å². The van der Waals surface area contributed by atoms with E-state index in [1.807, 2.05) is 6.92 Å². The summed E-state index contributed by atoms with van der Waals surface area (Å²) in [7, 11) is 0. The first kappa shape index (κ1) is 11.6. The molecule has 0 unspecified atom stereocenters. The van der Waals surface area contributed by atoms with Gasteiger partial charge in [0.25, 0.3) is 0 Å². The Labute approximate surface area is 103 Å². The van der Waals surface area contributed by atoms with Crippen LogP contribution in [-0.4, -0.2) is 20.7 Å². The Balaban J connectivity index is 2.00. The van der Waals surface area contributed by atoms with E-state index >= 15 is 0 Å². The highest BCUT2D eigenvalue weighted by Gasteiger charge is 2.05. The molecule has 0 aliphatic heterocycles. The molecule has 0 saturated heterocycles. The summed E-state index contributed by atoms with van der Waals surface area (Å²) in [6.45, 7) is 2.01. The molecule has 0 aliphatic carbocycles. The van der Waals surface area contributed by atoms with Crippen LogP contribution in [0.4, 0.5) is 5.69 Å². The fourth-order valence-corrected chi connectivity index (χ4v) is 1.47. The van der Waals surface area contributed by atoms with E-state index in [-0.39, 0.29) is 12.5 Å². The molecule has 88 valence electrons. The number of amides is 1. The van der Waals surface area contributed by atoms with Gasteiger partial charge >= 0.3 is 0 Å². The number of nitrogens with one attached hydrogen (secondary N) is 1. The molecule has 17 heavy (non-hydrogen) atoms. The van der Waals surface area contributed by atoms with Crippen molar-refractivity contribution >= 4 is 23.2 Å². The van der Waals surface area contributed by atoms with Gasteiger partial charge in [-0.2, -0.15) is 5.10 Å². The van der Waals surface area contributed by atoms with Gasteiger partial charge < -0.3 is 5.32 Å². The van der Waals surface area contributed by atoms with Gasteiger partial charge in [-0.05, 0) is 24.6 Å². The molecule has 1 amide bonds. The van der Waals surface area contributed by atoms with Crippen molar-refractivity contribution in [3.63, 3.8) is 0 Å². The minimum absolute atomic E-state index is 0.155. The molecule has 0 atom stereocenters. The zero-order chi connectivity index (χ0) is 12.3. The summed E-state index contributed by atoms with van der Waals surface area (Å²) in [4.78, 5) is 15.6. The van der Waals surface area contributed by atoms with Crippen molar-refractivity contribution in [1.29, 1.82) is 0 Å². The molecule has 0 radical (unpaired) electrons. The Hall–Kier alpha value is -1.88. The second-order valence-corrected chi connectivity index (χ2v) is 3.94. The maximum absolute atomic E-state index is 11.6. The number of carbonyl (C=O) groups excluding carboxylic acids is 1. The van der Waals surface area contributed by atoms with Crippen LogP contribution in [0, 0.1) is 6.92 Å². The van der Waals surface area contributed by atoms with E-state index in [1.165, 1.54) is 6.20 Å². The van der Waals surface area contributed by atoms with Crippen molar-refractivity contribution in [3.05, 3.63) is 41.4 Å². The van der Waals surface area contributed by atoms with Crippen molar-refractivity contribution in [2.75, 3.05) is 5.32 Å². The summed E-state index contributed by atoms with van der Waals surface area (Å²) in [6.07, 6.45) is 4.88. The Morgan fingerprint density at radius 3 is 3.06 bits per heavy atom. The van der Waals surface area contributed by atoms with E-state index in [2.05, 4.69) is 15.4 Å². The van der Waals surface area contributed by atoms with Gasteiger partial charge in [-0.1, -0.05) is 11.6 Å². The Kier molecular flexibility index (Phi) is 3.39. The van der Waals surface area contributed by atoms with Crippen molar-refractivity contribution in [1.82, 2.24) is 14.8 Å². The summed E-state index contributed by atoms with van der Waals surface area (Å²) in [5.74, 6) is -0.155. The third kappa shape index (κ3) is 3.04. The van der Waals surface area contributed by atoms with E-state index in [9.17, 15) is 4.79 Å². The molecule has 0 aromatic carbocycles. The molecule has 5 nitrogen and oxygen atoms in total. The third-order valence-corrected chi connectivity index (χ3v) is 2.56.